The number of nitrogens with one attached hydrogen (secondary N) is 1. The summed E-state index contributed by atoms with van der Waals surface area (Å²) in [5, 5.41) is 3.39. The van der Waals surface area contributed by atoms with Crippen molar-refractivity contribution in [1.82, 2.24) is 5.32 Å². The zero-order valence-electron chi connectivity index (χ0n) is 12.7. The van der Waals surface area contributed by atoms with Crippen LogP contribution in [0.1, 0.15) is 25.7 Å². The van der Waals surface area contributed by atoms with Crippen LogP contribution in [0.2, 0.25) is 0 Å². The van der Waals surface area contributed by atoms with Crippen molar-refractivity contribution < 1.29 is 13.2 Å². The fourth-order valence-electron chi connectivity index (χ4n) is 2.18. The van der Waals surface area contributed by atoms with Crippen molar-refractivity contribution in [2.75, 3.05) is 30.8 Å². The Hall–Kier alpha value is -1.27. The number of nitrogens with zero attached hydrogens (tertiary/aromatic N) is 1. The van der Waals surface area contributed by atoms with Gasteiger partial charge in [-0.3, -0.25) is 4.31 Å². The molecule has 1 aliphatic rings. The summed E-state index contributed by atoms with van der Waals surface area (Å²) in [5.74, 6) is 0.729. The summed E-state index contributed by atoms with van der Waals surface area (Å²) in [7, 11) is -0.182. The van der Waals surface area contributed by atoms with Gasteiger partial charge in [-0.05, 0) is 44.4 Å². The first-order valence-electron chi connectivity index (χ1n) is 7.37. The van der Waals surface area contributed by atoms with E-state index in [9.17, 15) is 8.42 Å². The maximum Gasteiger partial charge on any atom is 0.235 e. The molecule has 0 aliphatic heterocycles. The predicted octanol–water partition coefficient (Wildman–Crippen LogP) is 1.99. The molecule has 6 heteroatoms. The first-order chi connectivity index (χ1) is 10.0. The van der Waals surface area contributed by atoms with Gasteiger partial charge in [0, 0.05) is 13.1 Å². The van der Waals surface area contributed by atoms with E-state index in [1.54, 1.807) is 26.3 Å². The smallest absolute Gasteiger partial charge is 0.235 e. The Morgan fingerprint density at radius 2 is 2.00 bits per heavy atom. The standard InChI is InChI=1S/C15H24N2O3S/c1-17(14-7-3-4-8-15(14)20-2)21(18,19)12-6-5-11-16-13-9-10-13/h3-4,7-8,13,16H,5-6,9-12H2,1-2H3. The van der Waals surface area contributed by atoms with Crippen LogP contribution in [0.15, 0.2) is 24.3 Å². The van der Waals surface area contributed by atoms with Gasteiger partial charge in [-0.2, -0.15) is 0 Å². The Morgan fingerprint density at radius 3 is 2.67 bits per heavy atom. The third-order valence-electron chi connectivity index (χ3n) is 3.68. The Balaban J connectivity index is 1.87. The van der Waals surface area contributed by atoms with Crippen LogP contribution < -0.4 is 14.4 Å². The number of para-hydroxylation sites is 2. The highest BCUT2D eigenvalue weighted by Crippen LogP contribution is 2.28. The van der Waals surface area contributed by atoms with Gasteiger partial charge >= 0.3 is 0 Å². The molecule has 2 rings (SSSR count). The number of sulfonamides is 1. The second kappa shape index (κ2) is 7.13. The molecule has 1 N–H and O–H groups in total. The third kappa shape index (κ3) is 4.61. The average molecular weight is 312 g/mol. The topological polar surface area (TPSA) is 58.6 Å². The number of hydrogen-bond acceptors (Lipinski definition) is 4. The van der Waals surface area contributed by atoms with Crippen LogP contribution in [-0.4, -0.2) is 40.9 Å². The van der Waals surface area contributed by atoms with Crippen molar-refractivity contribution in [3.8, 4) is 5.75 Å². The van der Waals surface area contributed by atoms with Gasteiger partial charge in [0.05, 0.1) is 18.6 Å². The molecule has 1 aliphatic carbocycles. The number of benzene rings is 1. The van der Waals surface area contributed by atoms with E-state index in [4.69, 9.17) is 4.74 Å². The van der Waals surface area contributed by atoms with Crippen LogP contribution in [0, 0.1) is 0 Å². The summed E-state index contributed by atoms with van der Waals surface area (Å²) in [6.07, 6.45) is 4.07. The Labute approximate surface area is 127 Å². The molecule has 0 bridgehead atoms. The van der Waals surface area contributed by atoms with Crippen LogP contribution in [0.5, 0.6) is 5.75 Å². The molecule has 0 heterocycles. The second-order valence-electron chi connectivity index (χ2n) is 5.39. The SMILES string of the molecule is COc1ccccc1N(C)S(=O)(=O)CCCCNC1CC1. The van der Waals surface area contributed by atoms with E-state index in [1.807, 2.05) is 12.1 Å². The number of ether oxygens (including phenoxy) is 1. The van der Waals surface area contributed by atoms with Crippen molar-refractivity contribution >= 4 is 15.7 Å². The highest BCUT2D eigenvalue weighted by Gasteiger charge is 2.22. The first-order valence-corrected chi connectivity index (χ1v) is 8.98. The van der Waals surface area contributed by atoms with Gasteiger partial charge in [0.2, 0.25) is 10.0 Å². The lowest BCUT2D eigenvalue weighted by Gasteiger charge is -2.21. The van der Waals surface area contributed by atoms with Gasteiger partial charge in [0.15, 0.2) is 0 Å². The Morgan fingerprint density at radius 1 is 1.29 bits per heavy atom. The zero-order chi connectivity index (χ0) is 15.3. The molecule has 1 aromatic carbocycles. The molecule has 1 saturated carbocycles. The minimum Gasteiger partial charge on any atom is -0.495 e. The number of hydrogen-bond donors (Lipinski definition) is 1. The van der Waals surface area contributed by atoms with Crippen molar-refractivity contribution in [3.63, 3.8) is 0 Å². The van der Waals surface area contributed by atoms with Gasteiger partial charge in [0.25, 0.3) is 0 Å². The van der Waals surface area contributed by atoms with E-state index in [1.165, 1.54) is 17.1 Å². The lowest BCUT2D eigenvalue weighted by Crippen LogP contribution is -2.29. The zero-order valence-corrected chi connectivity index (χ0v) is 13.5. The predicted molar refractivity (Wildman–Crippen MR) is 85.4 cm³/mol. The summed E-state index contributed by atoms with van der Waals surface area (Å²) in [4.78, 5) is 0. The molecule has 0 amide bonds. The van der Waals surface area contributed by atoms with E-state index in [-0.39, 0.29) is 5.75 Å². The van der Waals surface area contributed by atoms with Crippen molar-refractivity contribution in [2.45, 2.75) is 31.7 Å². The summed E-state index contributed by atoms with van der Waals surface area (Å²) in [6, 6.07) is 7.83. The second-order valence-corrected chi connectivity index (χ2v) is 7.51. The molecule has 118 valence electrons. The summed E-state index contributed by atoms with van der Waals surface area (Å²) in [6.45, 7) is 0.901. The Bertz CT molecular complexity index is 556. The molecule has 0 unspecified atom stereocenters. The van der Waals surface area contributed by atoms with Crippen LogP contribution in [0.25, 0.3) is 0 Å². The highest BCUT2D eigenvalue weighted by molar-refractivity contribution is 7.92. The lowest BCUT2D eigenvalue weighted by atomic mass is 10.3. The van der Waals surface area contributed by atoms with Gasteiger partial charge in [0.1, 0.15) is 5.75 Å². The Kier molecular flexibility index (Phi) is 5.47. The van der Waals surface area contributed by atoms with E-state index in [0.29, 0.717) is 23.9 Å². The molecule has 1 aromatic rings. The number of rotatable bonds is 9. The van der Waals surface area contributed by atoms with Crippen molar-refractivity contribution in [3.05, 3.63) is 24.3 Å². The van der Waals surface area contributed by atoms with E-state index >= 15 is 0 Å². The summed E-state index contributed by atoms with van der Waals surface area (Å²) < 4.78 is 31.3. The molecule has 0 radical (unpaired) electrons. The third-order valence-corrected chi connectivity index (χ3v) is 5.52. The average Bonchev–Trinajstić information content (AvgIpc) is 3.30. The number of methoxy groups -OCH3 is 1. The first kappa shape index (κ1) is 16.1. The number of unbranched alkanes of at least 4 members (excludes halogenated alkanes) is 1. The minimum atomic E-state index is -3.31. The normalized spacial score (nSPS) is 15.0. The van der Waals surface area contributed by atoms with Crippen molar-refractivity contribution in [2.24, 2.45) is 0 Å². The largest absolute Gasteiger partial charge is 0.495 e. The van der Waals surface area contributed by atoms with E-state index in [0.717, 1.165) is 13.0 Å². The number of anilines is 1. The van der Waals surface area contributed by atoms with Crippen LogP contribution in [0.4, 0.5) is 5.69 Å². The monoisotopic (exact) mass is 312 g/mol. The summed E-state index contributed by atoms with van der Waals surface area (Å²) >= 11 is 0. The van der Waals surface area contributed by atoms with Gasteiger partial charge in [-0.15, -0.1) is 0 Å². The van der Waals surface area contributed by atoms with Crippen LogP contribution in [-0.2, 0) is 10.0 Å². The van der Waals surface area contributed by atoms with Crippen LogP contribution >= 0.6 is 0 Å². The van der Waals surface area contributed by atoms with Gasteiger partial charge < -0.3 is 10.1 Å². The molecule has 0 atom stereocenters. The molecule has 0 spiro atoms. The molecule has 1 fully saturated rings. The van der Waals surface area contributed by atoms with Crippen molar-refractivity contribution in [1.29, 1.82) is 0 Å². The summed E-state index contributed by atoms with van der Waals surface area (Å²) in [5.41, 5.74) is 0.580. The minimum absolute atomic E-state index is 0.161. The van der Waals surface area contributed by atoms with E-state index < -0.39 is 10.0 Å². The molecule has 5 nitrogen and oxygen atoms in total. The quantitative estimate of drug-likeness (QED) is 0.709. The molecule has 0 aromatic heterocycles. The highest BCUT2D eigenvalue weighted by atomic mass is 32.2. The maximum absolute atomic E-state index is 12.4. The molecular formula is C15H24N2O3S. The maximum atomic E-state index is 12.4. The van der Waals surface area contributed by atoms with Crippen LogP contribution in [0.3, 0.4) is 0 Å². The fourth-order valence-corrected chi connectivity index (χ4v) is 3.47. The molecule has 21 heavy (non-hydrogen) atoms. The molecule has 0 saturated heterocycles. The fraction of sp³-hybridized carbons (Fsp3) is 0.600. The van der Waals surface area contributed by atoms with Gasteiger partial charge in [-0.1, -0.05) is 12.1 Å². The lowest BCUT2D eigenvalue weighted by molar-refractivity contribution is 0.416. The molecular weight excluding hydrogens is 288 g/mol. The van der Waals surface area contributed by atoms with E-state index in [2.05, 4.69) is 5.32 Å². The van der Waals surface area contributed by atoms with Gasteiger partial charge in [-0.25, -0.2) is 8.42 Å².